The van der Waals surface area contributed by atoms with Crippen LogP contribution < -0.4 is 5.32 Å². The van der Waals surface area contributed by atoms with E-state index in [0.717, 1.165) is 22.5 Å². The van der Waals surface area contributed by atoms with Gasteiger partial charge in [-0.1, -0.05) is 36.4 Å². The molecule has 0 aliphatic heterocycles. The molecule has 0 aliphatic carbocycles. The maximum Gasteiger partial charge on any atom is 0.410 e. The molecule has 0 unspecified atom stereocenters. The number of hydrogen-bond acceptors (Lipinski definition) is 4. The van der Waals surface area contributed by atoms with Gasteiger partial charge in [0.15, 0.2) is 0 Å². The van der Waals surface area contributed by atoms with Crippen molar-refractivity contribution in [3.05, 3.63) is 77.1 Å². The highest BCUT2D eigenvalue weighted by atomic mass is 16.6. The van der Waals surface area contributed by atoms with Crippen LogP contribution in [0, 0.1) is 13.8 Å². The zero-order valence-electron chi connectivity index (χ0n) is 20.2. The molecular weight excluding hydrogens is 416 g/mol. The molecule has 0 bridgehead atoms. The van der Waals surface area contributed by atoms with Crippen LogP contribution >= 0.6 is 0 Å². The standard InChI is InChI=1S/C26H32N4O3/c1-7-29(25(32)33-26(4,5)6)17-20-13-9-10-14-22(20)28-24(31)21-16-27-30(19(21)3)23-15-11-8-12-18(23)2/h8-16H,7,17H2,1-6H3,(H,28,31). The van der Waals surface area contributed by atoms with Gasteiger partial charge in [0, 0.05) is 12.2 Å². The zero-order chi connectivity index (χ0) is 24.2. The number of anilines is 1. The fraction of sp³-hybridized carbons (Fsp3) is 0.346. The summed E-state index contributed by atoms with van der Waals surface area (Å²) in [5.74, 6) is -0.250. The van der Waals surface area contributed by atoms with Crippen LogP contribution in [-0.2, 0) is 11.3 Å². The Hall–Kier alpha value is -3.61. The van der Waals surface area contributed by atoms with Crippen molar-refractivity contribution in [2.75, 3.05) is 11.9 Å². The lowest BCUT2D eigenvalue weighted by molar-refractivity contribution is 0.0245. The Morgan fingerprint density at radius 3 is 2.39 bits per heavy atom. The summed E-state index contributed by atoms with van der Waals surface area (Å²) in [7, 11) is 0. The van der Waals surface area contributed by atoms with Gasteiger partial charge in [-0.3, -0.25) is 4.79 Å². The number of amides is 2. The van der Waals surface area contributed by atoms with Crippen molar-refractivity contribution < 1.29 is 14.3 Å². The van der Waals surface area contributed by atoms with Crippen LogP contribution in [0.2, 0.25) is 0 Å². The zero-order valence-corrected chi connectivity index (χ0v) is 20.2. The van der Waals surface area contributed by atoms with E-state index in [9.17, 15) is 9.59 Å². The molecule has 7 heteroatoms. The van der Waals surface area contributed by atoms with E-state index in [1.54, 1.807) is 15.8 Å². The van der Waals surface area contributed by atoms with Crippen molar-refractivity contribution in [3.8, 4) is 5.69 Å². The lowest BCUT2D eigenvalue weighted by Crippen LogP contribution is -2.36. The molecular formula is C26H32N4O3. The Balaban J connectivity index is 1.81. The minimum atomic E-state index is -0.576. The van der Waals surface area contributed by atoms with E-state index < -0.39 is 5.60 Å². The summed E-state index contributed by atoms with van der Waals surface area (Å²) in [6.07, 6.45) is 1.19. The van der Waals surface area contributed by atoms with Crippen LogP contribution in [0.1, 0.15) is 54.9 Å². The number of para-hydroxylation sites is 2. The van der Waals surface area contributed by atoms with Crippen LogP contribution in [0.5, 0.6) is 0 Å². The quantitative estimate of drug-likeness (QED) is 0.540. The highest BCUT2D eigenvalue weighted by Crippen LogP contribution is 2.22. The number of carbonyl (C=O) groups excluding carboxylic acids is 2. The van der Waals surface area contributed by atoms with Crippen molar-refractivity contribution in [2.45, 2.75) is 53.7 Å². The molecule has 0 aliphatic rings. The smallest absolute Gasteiger partial charge is 0.410 e. The third-order valence-corrected chi connectivity index (χ3v) is 5.26. The van der Waals surface area contributed by atoms with Gasteiger partial charge in [0.1, 0.15) is 5.60 Å². The van der Waals surface area contributed by atoms with Gasteiger partial charge in [0.2, 0.25) is 0 Å². The average molecular weight is 449 g/mol. The van der Waals surface area contributed by atoms with Gasteiger partial charge in [-0.25, -0.2) is 9.48 Å². The van der Waals surface area contributed by atoms with E-state index in [1.807, 2.05) is 90.1 Å². The molecule has 33 heavy (non-hydrogen) atoms. The van der Waals surface area contributed by atoms with Crippen molar-refractivity contribution in [2.24, 2.45) is 0 Å². The van der Waals surface area contributed by atoms with Gasteiger partial charge in [-0.15, -0.1) is 0 Å². The fourth-order valence-electron chi connectivity index (χ4n) is 3.48. The summed E-state index contributed by atoms with van der Waals surface area (Å²) in [4.78, 5) is 27.3. The van der Waals surface area contributed by atoms with E-state index in [-0.39, 0.29) is 12.0 Å². The van der Waals surface area contributed by atoms with Gasteiger partial charge in [-0.2, -0.15) is 5.10 Å². The van der Waals surface area contributed by atoms with Crippen molar-refractivity contribution in [1.29, 1.82) is 0 Å². The number of rotatable bonds is 6. The van der Waals surface area contributed by atoms with Gasteiger partial charge in [-0.05, 0) is 64.8 Å². The molecule has 0 saturated heterocycles. The number of aryl methyl sites for hydroxylation is 1. The Morgan fingerprint density at radius 1 is 1.06 bits per heavy atom. The second kappa shape index (κ2) is 9.90. The first kappa shape index (κ1) is 24.0. The van der Waals surface area contributed by atoms with Crippen LogP contribution in [0.15, 0.2) is 54.7 Å². The summed E-state index contributed by atoms with van der Waals surface area (Å²) >= 11 is 0. The molecule has 0 saturated carbocycles. The topological polar surface area (TPSA) is 76.5 Å². The lowest BCUT2D eigenvalue weighted by atomic mass is 10.1. The Morgan fingerprint density at radius 2 is 1.73 bits per heavy atom. The molecule has 2 aromatic carbocycles. The number of carbonyl (C=O) groups is 2. The van der Waals surface area contributed by atoms with Gasteiger partial charge < -0.3 is 15.0 Å². The van der Waals surface area contributed by atoms with E-state index in [1.165, 1.54) is 0 Å². The number of nitrogens with one attached hydrogen (secondary N) is 1. The van der Waals surface area contributed by atoms with Crippen LogP contribution in [-0.4, -0.2) is 38.8 Å². The highest BCUT2D eigenvalue weighted by molar-refractivity contribution is 6.05. The molecule has 0 spiro atoms. The molecule has 1 heterocycles. The van der Waals surface area contributed by atoms with Gasteiger partial charge in [0.25, 0.3) is 5.91 Å². The molecule has 0 atom stereocenters. The van der Waals surface area contributed by atoms with Crippen LogP contribution in [0.4, 0.5) is 10.5 Å². The van der Waals surface area contributed by atoms with E-state index in [2.05, 4.69) is 10.4 Å². The Kier molecular flexibility index (Phi) is 7.21. The van der Waals surface area contributed by atoms with Crippen molar-refractivity contribution >= 4 is 17.7 Å². The normalized spacial score (nSPS) is 11.2. The fourth-order valence-corrected chi connectivity index (χ4v) is 3.48. The molecule has 3 aromatic rings. The lowest BCUT2D eigenvalue weighted by Gasteiger charge is -2.27. The minimum absolute atomic E-state index is 0.250. The summed E-state index contributed by atoms with van der Waals surface area (Å²) in [6.45, 7) is 12.1. The molecule has 0 fully saturated rings. The summed E-state index contributed by atoms with van der Waals surface area (Å²) < 4.78 is 7.29. The predicted molar refractivity (Wildman–Crippen MR) is 130 cm³/mol. The van der Waals surface area contributed by atoms with Crippen LogP contribution in [0.3, 0.4) is 0 Å². The number of ether oxygens (including phenoxy) is 1. The number of aromatic nitrogens is 2. The summed E-state index contributed by atoms with van der Waals surface area (Å²) in [5.41, 5.74) is 4.14. The second-order valence-electron chi connectivity index (χ2n) is 8.95. The predicted octanol–water partition coefficient (Wildman–Crippen LogP) is 5.50. The first-order chi connectivity index (χ1) is 15.6. The maximum absolute atomic E-state index is 13.1. The second-order valence-corrected chi connectivity index (χ2v) is 8.95. The molecule has 1 N–H and O–H groups in total. The third-order valence-electron chi connectivity index (χ3n) is 5.26. The number of hydrogen-bond donors (Lipinski definition) is 1. The van der Waals surface area contributed by atoms with Crippen molar-refractivity contribution in [3.63, 3.8) is 0 Å². The SMILES string of the molecule is CCN(Cc1ccccc1NC(=O)c1cnn(-c2ccccc2C)c1C)C(=O)OC(C)(C)C. The average Bonchev–Trinajstić information content (AvgIpc) is 3.13. The molecule has 3 rings (SSSR count). The Labute approximate surface area is 195 Å². The van der Waals surface area contributed by atoms with Crippen LogP contribution in [0.25, 0.3) is 5.69 Å². The monoisotopic (exact) mass is 448 g/mol. The maximum atomic E-state index is 13.1. The number of nitrogens with zero attached hydrogens (tertiary/aromatic N) is 3. The molecule has 7 nitrogen and oxygen atoms in total. The highest BCUT2D eigenvalue weighted by Gasteiger charge is 2.23. The molecule has 2 amide bonds. The van der Waals surface area contributed by atoms with E-state index in [4.69, 9.17) is 4.74 Å². The summed E-state index contributed by atoms with van der Waals surface area (Å²) in [5, 5.41) is 7.43. The third kappa shape index (κ3) is 5.80. The van der Waals surface area contributed by atoms with E-state index >= 15 is 0 Å². The molecule has 0 radical (unpaired) electrons. The molecule has 1 aromatic heterocycles. The molecule has 174 valence electrons. The van der Waals surface area contributed by atoms with Gasteiger partial charge >= 0.3 is 6.09 Å². The van der Waals surface area contributed by atoms with Gasteiger partial charge in [0.05, 0.1) is 29.7 Å². The van der Waals surface area contributed by atoms with Crippen molar-refractivity contribution in [1.82, 2.24) is 14.7 Å². The largest absolute Gasteiger partial charge is 0.444 e. The minimum Gasteiger partial charge on any atom is -0.444 e. The first-order valence-corrected chi connectivity index (χ1v) is 11.1. The Bertz CT molecular complexity index is 1140. The first-order valence-electron chi connectivity index (χ1n) is 11.1. The summed E-state index contributed by atoms with van der Waals surface area (Å²) in [6, 6.07) is 15.4. The number of benzene rings is 2. The van der Waals surface area contributed by atoms with E-state index in [0.29, 0.717) is 24.3 Å².